The summed E-state index contributed by atoms with van der Waals surface area (Å²) in [6.07, 6.45) is 2.65. The first-order valence-electron chi connectivity index (χ1n) is 5.93. The van der Waals surface area contributed by atoms with E-state index in [0.29, 0.717) is 11.3 Å². The number of para-hydroxylation sites is 1. The van der Waals surface area contributed by atoms with Crippen LogP contribution in [0.3, 0.4) is 0 Å². The van der Waals surface area contributed by atoms with Gasteiger partial charge in [0.25, 0.3) is 0 Å². The van der Waals surface area contributed by atoms with Crippen LogP contribution in [-0.2, 0) is 0 Å². The van der Waals surface area contributed by atoms with E-state index in [1.165, 1.54) is 31.4 Å². The van der Waals surface area contributed by atoms with E-state index in [1.54, 1.807) is 30.3 Å². The maximum atomic E-state index is 13.6. The van der Waals surface area contributed by atoms with Crippen LogP contribution in [0.5, 0.6) is 5.75 Å². The van der Waals surface area contributed by atoms with Gasteiger partial charge in [0.2, 0.25) is 0 Å². The number of ether oxygens (including phenoxy) is 1. The Hall–Kier alpha value is -2.13. The van der Waals surface area contributed by atoms with Crippen molar-refractivity contribution in [3.05, 3.63) is 70.5 Å². The van der Waals surface area contributed by atoms with Gasteiger partial charge in [-0.15, -0.1) is 0 Å². The van der Waals surface area contributed by atoms with Crippen molar-refractivity contribution in [1.82, 2.24) is 0 Å². The van der Waals surface area contributed by atoms with E-state index in [9.17, 15) is 9.18 Å². The Balaban J connectivity index is 2.30. The third-order valence-corrected chi connectivity index (χ3v) is 3.10. The first kappa shape index (κ1) is 14.3. The lowest BCUT2D eigenvalue weighted by Crippen LogP contribution is -1.98. The Morgan fingerprint density at radius 3 is 2.65 bits per heavy atom. The number of hydrogen-bond acceptors (Lipinski definition) is 2. The van der Waals surface area contributed by atoms with Crippen LogP contribution in [0.4, 0.5) is 4.39 Å². The summed E-state index contributed by atoms with van der Waals surface area (Å²) < 4.78 is 18.7. The molecule has 2 nitrogen and oxygen atoms in total. The minimum Gasteiger partial charge on any atom is -0.496 e. The molecule has 0 atom stereocenters. The maximum absolute atomic E-state index is 13.6. The molecule has 0 fully saturated rings. The van der Waals surface area contributed by atoms with Gasteiger partial charge in [0.05, 0.1) is 17.7 Å². The summed E-state index contributed by atoms with van der Waals surface area (Å²) in [6, 6.07) is 11.2. The molecule has 0 saturated carbocycles. The van der Waals surface area contributed by atoms with Gasteiger partial charge in [-0.3, -0.25) is 4.79 Å². The number of halogens is 2. The minimum atomic E-state index is -0.471. The number of ketones is 1. The van der Waals surface area contributed by atoms with Gasteiger partial charge in [-0.2, -0.15) is 0 Å². The Morgan fingerprint density at radius 2 is 1.95 bits per heavy atom. The molecule has 0 N–H and O–H groups in total. The average molecular weight is 291 g/mol. The van der Waals surface area contributed by atoms with E-state index in [-0.39, 0.29) is 16.4 Å². The molecular formula is C16H12ClFO2. The summed E-state index contributed by atoms with van der Waals surface area (Å²) in [4.78, 5) is 12.1. The SMILES string of the molecule is COc1ccccc1C(=O)C=Cc1c(F)cccc1Cl. The van der Waals surface area contributed by atoms with Crippen LogP contribution in [-0.4, -0.2) is 12.9 Å². The van der Waals surface area contributed by atoms with Gasteiger partial charge in [-0.1, -0.05) is 29.8 Å². The Morgan fingerprint density at radius 1 is 1.20 bits per heavy atom. The number of hydrogen-bond donors (Lipinski definition) is 0. The molecule has 0 aliphatic heterocycles. The van der Waals surface area contributed by atoms with E-state index >= 15 is 0 Å². The van der Waals surface area contributed by atoms with E-state index in [1.807, 2.05) is 0 Å². The van der Waals surface area contributed by atoms with Gasteiger partial charge in [0.1, 0.15) is 11.6 Å². The topological polar surface area (TPSA) is 26.3 Å². The fourth-order valence-corrected chi connectivity index (χ4v) is 1.99. The third-order valence-electron chi connectivity index (χ3n) is 2.77. The number of carbonyl (C=O) groups is 1. The van der Waals surface area contributed by atoms with Crippen LogP contribution in [0.15, 0.2) is 48.5 Å². The maximum Gasteiger partial charge on any atom is 0.189 e. The van der Waals surface area contributed by atoms with Crippen LogP contribution in [0.25, 0.3) is 6.08 Å². The Bertz CT molecular complexity index is 645. The van der Waals surface area contributed by atoms with Crippen LogP contribution in [0.2, 0.25) is 5.02 Å². The van der Waals surface area contributed by atoms with Gasteiger partial charge in [-0.25, -0.2) is 4.39 Å². The highest BCUT2D eigenvalue weighted by atomic mass is 35.5. The molecule has 0 heterocycles. The average Bonchev–Trinajstić information content (AvgIpc) is 2.46. The lowest BCUT2D eigenvalue weighted by Gasteiger charge is -2.04. The van der Waals surface area contributed by atoms with Crippen LogP contribution in [0, 0.1) is 5.82 Å². The second kappa shape index (κ2) is 6.35. The van der Waals surface area contributed by atoms with Gasteiger partial charge < -0.3 is 4.74 Å². The quantitative estimate of drug-likeness (QED) is 0.617. The monoisotopic (exact) mass is 290 g/mol. The Kier molecular flexibility index (Phi) is 4.53. The van der Waals surface area contributed by atoms with E-state index in [4.69, 9.17) is 16.3 Å². The van der Waals surface area contributed by atoms with Gasteiger partial charge in [0.15, 0.2) is 5.78 Å². The van der Waals surface area contributed by atoms with E-state index < -0.39 is 5.82 Å². The fourth-order valence-electron chi connectivity index (χ4n) is 1.77. The van der Waals surface area contributed by atoms with Crippen molar-refractivity contribution in [2.75, 3.05) is 7.11 Å². The molecule has 20 heavy (non-hydrogen) atoms. The minimum absolute atomic E-state index is 0.192. The van der Waals surface area contributed by atoms with Crippen molar-refractivity contribution in [2.24, 2.45) is 0 Å². The molecule has 0 radical (unpaired) electrons. The summed E-state index contributed by atoms with van der Waals surface area (Å²) in [5, 5.41) is 0.258. The molecule has 0 aromatic heterocycles. The van der Waals surface area contributed by atoms with Crippen molar-refractivity contribution in [2.45, 2.75) is 0 Å². The molecule has 0 bridgehead atoms. The summed E-state index contributed by atoms with van der Waals surface area (Å²) >= 11 is 5.89. The van der Waals surface area contributed by atoms with Gasteiger partial charge in [0, 0.05) is 5.56 Å². The number of methoxy groups -OCH3 is 1. The van der Waals surface area contributed by atoms with Crippen LogP contribution < -0.4 is 4.74 Å². The molecule has 0 saturated heterocycles. The highest BCUT2D eigenvalue weighted by Gasteiger charge is 2.09. The molecule has 0 unspecified atom stereocenters. The third kappa shape index (κ3) is 3.06. The molecule has 4 heteroatoms. The zero-order chi connectivity index (χ0) is 14.5. The molecule has 0 amide bonds. The normalized spacial score (nSPS) is 10.8. The number of benzene rings is 2. The predicted molar refractivity (Wildman–Crippen MR) is 77.8 cm³/mol. The second-order valence-corrected chi connectivity index (χ2v) is 4.44. The fraction of sp³-hybridized carbons (Fsp3) is 0.0625. The highest BCUT2D eigenvalue weighted by molar-refractivity contribution is 6.32. The van der Waals surface area contributed by atoms with Crippen molar-refractivity contribution >= 4 is 23.5 Å². The van der Waals surface area contributed by atoms with Crippen LogP contribution >= 0.6 is 11.6 Å². The number of rotatable bonds is 4. The highest BCUT2D eigenvalue weighted by Crippen LogP contribution is 2.22. The van der Waals surface area contributed by atoms with E-state index in [0.717, 1.165) is 0 Å². The van der Waals surface area contributed by atoms with Gasteiger partial charge >= 0.3 is 0 Å². The summed E-state index contributed by atoms with van der Waals surface area (Å²) in [7, 11) is 1.49. The lowest BCUT2D eigenvalue weighted by molar-refractivity contribution is 0.104. The molecular weight excluding hydrogens is 279 g/mol. The molecule has 2 aromatic carbocycles. The lowest BCUT2D eigenvalue weighted by atomic mass is 10.1. The molecule has 0 aliphatic carbocycles. The van der Waals surface area contributed by atoms with Crippen LogP contribution in [0.1, 0.15) is 15.9 Å². The molecule has 0 spiro atoms. The smallest absolute Gasteiger partial charge is 0.189 e. The first-order valence-corrected chi connectivity index (χ1v) is 6.30. The Labute approximate surface area is 121 Å². The van der Waals surface area contributed by atoms with Crippen molar-refractivity contribution in [3.63, 3.8) is 0 Å². The predicted octanol–water partition coefficient (Wildman–Crippen LogP) is 4.38. The van der Waals surface area contributed by atoms with E-state index in [2.05, 4.69) is 0 Å². The summed E-state index contributed by atoms with van der Waals surface area (Å²) in [5.41, 5.74) is 0.608. The second-order valence-electron chi connectivity index (χ2n) is 4.03. The largest absolute Gasteiger partial charge is 0.496 e. The zero-order valence-corrected chi connectivity index (χ0v) is 11.5. The standard InChI is InChI=1S/C16H12ClFO2/c1-20-16-8-3-2-5-12(16)15(19)10-9-11-13(17)6-4-7-14(11)18/h2-10H,1H3. The summed E-state index contributed by atoms with van der Waals surface area (Å²) in [6.45, 7) is 0. The molecule has 2 aromatic rings. The van der Waals surface area contributed by atoms with Crippen molar-refractivity contribution < 1.29 is 13.9 Å². The van der Waals surface area contributed by atoms with Crippen molar-refractivity contribution in [3.8, 4) is 5.75 Å². The number of carbonyl (C=O) groups excluding carboxylic acids is 1. The molecule has 2 rings (SSSR count). The first-order chi connectivity index (χ1) is 9.63. The molecule has 102 valence electrons. The van der Waals surface area contributed by atoms with Crippen molar-refractivity contribution in [1.29, 1.82) is 0 Å². The molecule has 0 aliphatic rings. The van der Waals surface area contributed by atoms with Gasteiger partial charge in [-0.05, 0) is 36.4 Å². The number of allylic oxidation sites excluding steroid dienone is 1. The zero-order valence-electron chi connectivity index (χ0n) is 10.8. The summed E-state index contributed by atoms with van der Waals surface area (Å²) in [5.74, 6) is -0.273.